The molecule has 2 aliphatic heterocycles. The van der Waals surface area contributed by atoms with Crippen LogP contribution in [0, 0.1) is 0 Å². The fourth-order valence-electron chi connectivity index (χ4n) is 3.91. The van der Waals surface area contributed by atoms with E-state index >= 15 is 0 Å². The van der Waals surface area contributed by atoms with Crippen molar-refractivity contribution in [2.75, 3.05) is 31.0 Å². The van der Waals surface area contributed by atoms with Gasteiger partial charge in [0.2, 0.25) is 0 Å². The van der Waals surface area contributed by atoms with Crippen molar-refractivity contribution >= 4 is 33.2 Å². The third kappa shape index (κ3) is 3.86. The lowest BCUT2D eigenvalue weighted by molar-refractivity contribution is 0.0587. The van der Waals surface area contributed by atoms with Gasteiger partial charge in [0.1, 0.15) is 4.90 Å². The number of para-hydroxylation sites is 1. The molecule has 2 aromatic carbocycles. The van der Waals surface area contributed by atoms with Crippen LogP contribution in [0.2, 0.25) is 5.02 Å². The number of likely N-dealkylation sites (N-methyl/N-ethyl adjacent to an activating group) is 1. The third-order valence-corrected chi connectivity index (χ3v) is 7.73. The summed E-state index contributed by atoms with van der Waals surface area (Å²) in [5.74, 6) is -0.254. The van der Waals surface area contributed by atoms with Crippen LogP contribution in [0.15, 0.2) is 47.4 Å². The summed E-state index contributed by atoms with van der Waals surface area (Å²) in [6, 6.07) is 11.8. The molecule has 0 aromatic heterocycles. The lowest BCUT2D eigenvalue weighted by Crippen LogP contribution is -2.34. The number of benzene rings is 2. The van der Waals surface area contributed by atoms with Crippen LogP contribution in [0.4, 0.5) is 5.69 Å². The lowest BCUT2D eigenvalue weighted by Gasteiger charge is -2.23. The SMILES string of the molecule is CN(CC1CCCO1)C(=O)c1ccc(Cl)c(S(=O)(=O)N2CCc3ccccc32)c1. The first kappa shape index (κ1) is 20.2. The number of sulfonamides is 1. The Morgan fingerprint density at radius 3 is 2.83 bits per heavy atom. The molecule has 154 valence electrons. The van der Waals surface area contributed by atoms with Crippen molar-refractivity contribution in [1.82, 2.24) is 4.90 Å². The normalized spacial score (nSPS) is 18.7. The molecular formula is C21H23ClN2O4S. The smallest absolute Gasteiger partial charge is 0.265 e. The van der Waals surface area contributed by atoms with Gasteiger partial charge in [-0.15, -0.1) is 0 Å². The molecule has 1 atom stereocenters. The number of hydrogen-bond acceptors (Lipinski definition) is 4. The molecule has 2 aliphatic rings. The molecule has 0 bridgehead atoms. The number of ether oxygens (including phenoxy) is 1. The molecule has 2 aromatic rings. The maximum absolute atomic E-state index is 13.3. The highest BCUT2D eigenvalue weighted by molar-refractivity contribution is 7.93. The van der Waals surface area contributed by atoms with E-state index < -0.39 is 10.0 Å². The molecule has 29 heavy (non-hydrogen) atoms. The summed E-state index contributed by atoms with van der Waals surface area (Å²) in [5.41, 5.74) is 1.94. The number of halogens is 1. The fraction of sp³-hybridized carbons (Fsp3) is 0.381. The minimum Gasteiger partial charge on any atom is -0.376 e. The number of carbonyl (C=O) groups is 1. The summed E-state index contributed by atoms with van der Waals surface area (Å²) in [6.07, 6.45) is 2.59. The van der Waals surface area contributed by atoms with Crippen molar-refractivity contribution in [3.05, 3.63) is 58.6 Å². The van der Waals surface area contributed by atoms with Crippen LogP contribution in [0.5, 0.6) is 0 Å². The van der Waals surface area contributed by atoms with Crippen LogP contribution < -0.4 is 4.31 Å². The first-order valence-corrected chi connectivity index (χ1v) is 11.5. The van der Waals surface area contributed by atoms with Crippen molar-refractivity contribution in [3.63, 3.8) is 0 Å². The van der Waals surface area contributed by atoms with E-state index in [1.807, 2.05) is 18.2 Å². The quantitative estimate of drug-likeness (QED) is 0.723. The predicted molar refractivity (Wildman–Crippen MR) is 112 cm³/mol. The maximum Gasteiger partial charge on any atom is 0.265 e. The Balaban J connectivity index is 1.62. The molecular weight excluding hydrogens is 412 g/mol. The summed E-state index contributed by atoms with van der Waals surface area (Å²) in [5, 5.41) is 0.104. The van der Waals surface area contributed by atoms with Gasteiger partial charge in [0.25, 0.3) is 15.9 Å². The summed E-state index contributed by atoms with van der Waals surface area (Å²) >= 11 is 6.26. The summed E-state index contributed by atoms with van der Waals surface area (Å²) < 4.78 is 33.6. The van der Waals surface area contributed by atoms with Gasteiger partial charge >= 0.3 is 0 Å². The fourth-order valence-corrected chi connectivity index (χ4v) is 5.91. The Morgan fingerprint density at radius 1 is 1.28 bits per heavy atom. The van der Waals surface area contributed by atoms with Crippen LogP contribution in [0.25, 0.3) is 0 Å². The molecule has 0 spiro atoms. The predicted octanol–water partition coefficient (Wildman–Crippen LogP) is 3.34. The molecule has 1 saturated heterocycles. The van der Waals surface area contributed by atoms with Crippen LogP contribution >= 0.6 is 11.6 Å². The van der Waals surface area contributed by atoms with E-state index in [-0.39, 0.29) is 21.9 Å². The minimum absolute atomic E-state index is 0.0283. The second-order valence-electron chi connectivity index (χ2n) is 7.42. The van der Waals surface area contributed by atoms with Crippen LogP contribution in [-0.2, 0) is 21.2 Å². The molecule has 8 heteroatoms. The van der Waals surface area contributed by atoms with E-state index in [1.54, 1.807) is 24.1 Å². The van der Waals surface area contributed by atoms with Gasteiger partial charge in [0.15, 0.2) is 0 Å². The number of amides is 1. The highest BCUT2D eigenvalue weighted by Crippen LogP contribution is 2.35. The maximum atomic E-state index is 13.3. The number of rotatable bonds is 5. The van der Waals surface area contributed by atoms with E-state index in [9.17, 15) is 13.2 Å². The monoisotopic (exact) mass is 434 g/mol. The molecule has 2 heterocycles. The summed E-state index contributed by atoms with van der Waals surface area (Å²) in [7, 11) is -2.18. The van der Waals surface area contributed by atoms with E-state index in [0.29, 0.717) is 37.4 Å². The second-order valence-corrected chi connectivity index (χ2v) is 9.66. The van der Waals surface area contributed by atoms with Crippen molar-refractivity contribution in [2.24, 2.45) is 0 Å². The van der Waals surface area contributed by atoms with Gasteiger partial charge < -0.3 is 9.64 Å². The van der Waals surface area contributed by atoms with Gasteiger partial charge in [-0.2, -0.15) is 0 Å². The molecule has 4 rings (SSSR count). The molecule has 1 unspecified atom stereocenters. The molecule has 0 aliphatic carbocycles. The highest BCUT2D eigenvalue weighted by atomic mass is 35.5. The number of hydrogen-bond donors (Lipinski definition) is 0. The van der Waals surface area contributed by atoms with Gasteiger partial charge in [0, 0.05) is 32.3 Å². The van der Waals surface area contributed by atoms with Gasteiger partial charge in [-0.25, -0.2) is 8.42 Å². The zero-order valence-corrected chi connectivity index (χ0v) is 17.7. The number of carbonyl (C=O) groups excluding carboxylic acids is 1. The highest BCUT2D eigenvalue weighted by Gasteiger charge is 2.33. The van der Waals surface area contributed by atoms with Crippen molar-refractivity contribution in [3.8, 4) is 0 Å². The zero-order valence-electron chi connectivity index (χ0n) is 16.2. The van der Waals surface area contributed by atoms with Crippen LogP contribution in [0.1, 0.15) is 28.8 Å². The average molecular weight is 435 g/mol. The first-order valence-electron chi connectivity index (χ1n) is 9.65. The first-order chi connectivity index (χ1) is 13.9. The van der Waals surface area contributed by atoms with Crippen molar-refractivity contribution in [1.29, 1.82) is 0 Å². The standard InChI is InChI=1S/C21H23ClN2O4S/c1-23(14-17-6-4-12-28-17)21(25)16-8-9-18(22)20(13-16)29(26,27)24-11-10-15-5-2-3-7-19(15)24/h2-3,5,7-9,13,17H,4,6,10-12,14H2,1H3. The van der Waals surface area contributed by atoms with Crippen molar-refractivity contribution < 1.29 is 17.9 Å². The number of nitrogens with zero attached hydrogens (tertiary/aromatic N) is 2. The lowest BCUT2D eigenvalue weighted by atomic mass is 10.2. The zero-order chi connectivity index (χ0) is 20.6. The Bertz CT molecular complexity index is 1030. The molecule has 0 saturated carbocycles. The Kier molecular flexibility index (Phi) is 5.55. The molecule has 1 fully saturated rings. The Labute approximate surface area is 176 Å². The van der Waals surface area contributed by atoms with E-state index in [4.69, 9.17) is 16.3 Å². The largest absolute Gasteiger partial charge is 0.376 e. The van der Waals surface area contributed by atoms with Crippen LogP contribution in [0.3, 0.4) is 0 Å². The second kappa shape index (κ2) is 7.97. The van der Waals surface area contributed by atoms with Crippen molar-refractivity contribution in [2.45, 2.75) is 30.3 Å². The topological polar surface area (TPSA) is 66.9 Å². The van der Waals surface area contributed by atoms with Crippen LogP contribution in [-0.4, -0.2) is 52.1 Å². The average Bonchev–Trinajstić information content (AvgIpc) is 3.37. The van der Waals surface area contributed by atoms with Gasteiger partial charge in [0.05, 0.1) is 16.8 Å². The minimum atomic E-state index is -3.88. The molecule has 1 amide bonds. The summed E-state index contributed by atoms with van der Waals surface area (Å²) in [4.78, 5) is 14.4. The number of anilines is 1. The molecule has 0 N–H and O–H groups in total. The van der Waals surface area contributed by atoms with Gasteiger partial charge in [-0.1, -0.05) is 29.8 Å². The van der Waals surface area contributed by atoms with E-state index in [1.165, 1.54) is 16.4 Å². The third-order valence-electron chi connectivity index (χ3n) is 5.44. The number of fused-ring (bicyclic) bond motifs is 1. The Hall–Kier alpha value is -2.09. The van der Waals surface area contributed by atoms with Gasteiger partial charge in [-0.05, 0) is 49.1 Å². The van der Waals surface area contributed by atoms with E-state index in [0.717, 1.165) is 18.4 Å². The van der Waals surface area contributed by atoms with Gasteiger partial charge in [-0.3, -0.25) is 9.10 Å². The Morgan fingerprint density at radius 2 is 2.07 bits per heavy atom. The molecule has 6 nitrogen and oxygen atoms in total. The summed E-state index contributed by atoms with van der Waals surface area (Å²) in [6.45, 7) is 1.55. The molecule has 0 radical (unpaired) electrons. The van der Waals surface area contributed by atoms with E-state index in [2.05, 4.69) is 0 Å².